The predicted octanol–water partition coefficient (Wildman–Crippen LogP) is 0.753. The van der Waals surface area contributed by atoms with Gasteiger partial charge in [-0.05, 0) is 12.1 Å². The first-order valence-electron chi connectivity index (χ1n) is 5.40. The van der Waals surface area contributed by atoms with Crippen LogP contribution in [-0.4, -0.2) is 35.7 Å². The Kier molecular flexibility index (Phi) is 2.18. The van der Waals surface area contributed by atoms with Gasteiger partial charge in [-0.1, -0.05) is 6.07 Å². The van der Waals surface area contributed by atoms with Crippen LogP contribution < -0.4 is 10.6 Å². The molecule has 1 aliphatic heterocycles. The number of fused-ring (bicyclic) bond motifs is 1. The van der Waals surface area contributed by atoms with Crippen molar-refractivity contribution in [2.45, 2.75) is 0 Å². The summed E-state index contributed by atoms with van der Waals surface area (Å²) in [5, 5.41) is 0. The molecule has 0 unspecified atom stereocenters. The van der Waals surface area contributed by atoms with Gasteiger partial charge in [-0.2, -0.15) is 0 Å². The van der Waals surface area contributed by atoms with E-state index in [0.29, 0.717) is 5.82 Å². The van der Waals surface area contributed by atoms with Crippen molar-refractivity contribution < 1.29 is 4.74 Å². The number of nitrogens with zero attached hydrogens (tertiary/aromatic N) is 3. The molecule has 2 aromatic rings. The fraction of sp³-hybridized carbons (Fsp3) is 0.364. The van der Waals surface area contributed by atoms with Crippen LogP contribution in [0.1, 0.15) is 0 Å². The Morgan fingerprint density at radius 1 is 1.25 bits per heavy atom. The van der Waals surface area contributed by atoms with Gasteiger partial charge in [0.05, 0.1) is 18.7 Å². The Morgan fingerprint density at radius 3 is 2.88 bits per heavy atom. The molecular weight excluding hydrogens is 204 g/mol. The normalized spacial score (nSPS) is 16.9. The lowest BCUT2D eigenvalue weighted by Gasteiger charge is -2.29. The summed E-state index contributed by atoms with van der Waals surface area (Å²) in [6.07, 6.45) is 1.77. The van der Waals surface area contributed by atoms with Gasteiger partial charge in [-0.3, -0.25) is 4.40 Å². The summed E-state index contributed by atoms with van der Waals surface area (Å²) >= 11 is 0. The van der Waals surface area contributed by atoms with Crippen molar-refractivity contribution in [2.75, 3.05) is 36.9 Å². The first kappa shape index (κ1) is 9.47. The van der Waals surface area contributed by atoms with Gasteiger partial charge in [0.25, 0.3) is 0 Å². The van der Waals surface area contributed by atoms with E-state index >= 15 is 0 Å². The van der Waals surface area contributed by atoms with Gasteiger partial charge in [0.15, 0.2) is 0 Å². The van der Waals surface area contributed by atoms with Crippen LogP contribution in [0, 0.1) is 0 Å². The fourth-order valence-corrected chi connectivity index (χ4v) is 2.08. The average molecular weight is 218 g/mol. The van der Waals surface area contributed by atoms with Gasteiger partial charge >= 0.3 is 0 Å². The molecule has 2 aromatic heterocycles. The number of nitrogens with two attached hydrogens (primary N) is 1. The highest BCUT2D eigenvalue weighted by molar-refractivity contribution is 5.69. The van der Waals surface area contributed by atoms with Gasteiger partial charge in [0.1, 0.15) is 18.0 Å². The zero-order valence-corrected chi connectivity index (χ0v) is 8.97. The number of pyridine rings is 1. The maximum atomic E-state index is 5.80. The van der Waals surface area contributed by atoms with E-state index in [1.165, 1.54) is 0 Å². The van der Waals surface area contributed by atoms with E-state index in [-0.39, 0.29) is 0 Å². The second kappa shape index (κ2) is 3.68. The molecule has 2 N–H and O–H groups in total. The van der Waals surface area contributed by atoms with Crippen LogP contribution >= 0.6 is 0 Å². The monoisotopic (exact) mass is 218 g/mol. The van der Waals surface area contributed by atoms with Crippen LogP contribution in [-0.2, 0) is 4.74 Å². The van der Waals surface area contributed by atoms with Crippen molar-refractivity contribution in [1.29, 1.82) is 0 Å². The van der Waals surface area contributed by atoms with Crippen molar-refractivity contribution in [3.63, 3.8) is 0 Å². The first-order chi connectivity index (χ1) is 7.86. The summed E-state index contributed by atoms with van der Waals surface area (Å²) < 4.78 is 7.38. The molecule has 3 rings (SSSR count). The molecule has 0 radical (unpaired) electrons. The number of rotatable bonds is 1. The van der Waals surface area contributed by atoms with Crippen molar-refractivity contribution in [1.82, 2.24) is 9.38 Å². The smallest absolute Gasteiger partial charge is 0.149 e. The van der Waals surface area contributed by atoms with E-state index in [4.69, 9.17) is 10.5 Å². The standard InChI is InChI=1S/C11H14N4O/c12-11-9-2-1-3-10(15(9)8-13-11)14-4-6-16-7-5-14/h1-3,8H,4-7,12H2. The van der Waals surface area contributed by atoms with Crippen LogP contribution in [0.2, 0.25) is 0 Å². The SMILES string of the molecule is Nc1ncn2c(N3CCOCC3)cccc12. The topological polar surface area (TPSA) is 55.8 Å². The van der Waals surface area contributed by atoms with Crippen LogP contribution in [0.15, 0.2) is 24.5 Å². The molecule has 0 spiro atoms. The summed E-state index contributed by atoms with van der Waals surface area (Å²) in [5.74, 6) is 1.71. The van der Waals surface area contributed by atoms with Crippen LogP contribution in [0.3, 0.4) is 0 Å². The summed E-state index contributed by atoms with van der Waals surface area (Å²) in [7, 11) is 0. The number of hydrogen-bond donors (Lipinski definition) is 1. The predicted molar refractivity (Wildman–Crippen MR) is 62.6 cm³/mol. The third-order valence-electron chi connectivity index (χ3n) is 2.92. The first-order valence-corrected chi connectivity index (χ1v) is 5.40. The van der Waals surface area contributed by atoms with E-state index in [0.717, 1.165) is 37.6 Å². The van der Waals surface area contributed by atoms with E-state index in [2.05, 4.69) is 16.0 Å². The second-order valence-corrected chi connectivity index (χ2v) is 3.87. The molecule has 3 heterocycles. The molecule has 0 atom stereocenters. The maximum Gasteiger partial charge on any atom is 0.149 e. The largest absolute Gasteiger partial charge is 0.382 e. The summed E-state index contributed by atoms with van der Waals surface area (Å²) in [5.41, 5.74) is 6.76. The number of imidazole rings is 1. The highest BCUT2D eigenvalue weighted by atomic mass is 16.5. The Balaban J connectivity index is 2.08. The lowest BCUT2D eigenvalue weighted by atomic mass is 10.3. The number of hydrogen-bond acceptors (Lipinski definition) is 4. The molecule has 5 heteroatoms. The van der Waals surface area contributed by atoms with Crippen LogP contribution in [0.4, 0.5) is 11.6 Å². The minimum Gasteiger partial charge on any atom is -0.382 e. The maximum absolute atomic E-state index is 5.80. The molecule has 0 saturated carbocycles. The van der Waals surface area contributed by atoms with E-state index in [9.17, 15) is 0 Å². The number of ether oxygens (including phenoxy) is 1. The molecule has 0 aliphatic carbocycles. The summed E-state index contributed by atoms with van der Waals surface area (Å²) in [4.78, 5) is 6.42. The highest BCUT2D eigenvalue weighted by Gasteiger charge is 2.14. The van der Waals surface area contributed by atoms with Crippen molar-refractivity contribution in [3.8, 4) is 0 Å². The Hall–Kier alpha value is -1.75. The van der Waals surface area contributed by atoms with Gasteiger partial charge in [0, 0.05) is 13.1 Å². The minimum atomic E-state index is 0.579. The molecule has 1 saturated heterocycles. The van der Waals surface area contributed by atoms with Gasteiger partial charge in [0.2, 0.25) is 0 Å². The summed E-state index contributed by atoms with van der Waals surface area (Å²) in [6.45, 7) is 3.38. The Labute approximate surface area is 93.4 Å². The number of morpholine rings is 1. The molecule has 1 aliphatic rings. The highest BCUT2D eigenvalue weighted by Crippen LogP contribution is 2.21. The number of aromatic nitrogens is 2. The lowest BCUT2D eigenvalue weighted by molar-refractivity contribution is 0.122. The van der Waals surface area contributed by atoms with Crippen molar-refractivity contribution >= 4 is 17.2 Å². The molecule has 0 bridgehead atoms. The molecule has 0 aromatic carbocycles. The molecule has 16 heavy (non-hydrogen) atoms. The molecule has 84 valence electrons. The molecular formula is C11H14N4O. The van der Waals surface area contributed by atoms with Gasteiger partial charge < -0.3 is 15.4 Å². The molecule has 1 fully saturated rings. The third-order valence-corrected chi connectivity index (χ3v) is 2.92. The molecule has 5 nitrogen and oxygen atoms in total. The fourth-order valence-electron chi connectivity index (χ4n) is 2.08. The quantitative estimate of drug-likeness (QED) is 0.767. The van der Waals surface area contributed by atoms with E-state index < -0.39 is 0 Å². The van der Waals surface area contributed by atoms with Crippen molar-refractivity contribution in [3.05, 3.63) is 24.5 Å². The zero-order valence-electron chi connectivity index (χ0n) is 8.97. The zero-order chi connectivity index (χ0) is 11.0. The van der Waals surface area contributed by atoms with Gasteiger partial charge in [-0.15, -0.1) is 0 Å². The summed E-state index contributed by atoms with van der Waals surface area (Å²) in [6, 6.07) is 6.07. The Morgan fingerprint density at radius 2 is 2.06 bits per heavy atom. The van der Waals surface area contributed by atoms with E-state index in [1.54, 1.807) is 6.33 Å². The lowest BCUT2D eigenvalue weighted by Crippen LogP contribution is -2.37. The van der Waals surface area contributed by atoms with E-state index in [1.807, 2.05) is 16.5 Å². The number of anilines is 2. The molecule has 0 amide bonds. The second-order valence-electron chi connectivity index (χ2n) is 3.87. The minimum absolute atomic E-state index is 0.579. The average Bonchev–Trinajstić information content (AvgIpc) is 2.73. The van der Waals surface area contributed by atoms with Crippen molar-refractivity contribution in [2.24, 2.45) is 0 Å². The van der Waals surface area contributed by atoms with Crippen LogP contribution in [0.5, 0.6) is 0 Å². The third kappa shape index (κ3) is 1.40. The number of nitrogen functional groups attached to an aromatic ring is 1. The Bertz CT molecular complexity index is 502. The van der Waals surface area contributed by atoms with Crippen LogP contribution in [0.25, 0.3) is 5.52 Å². The van der Waals surface area contributed by atoms with Gasteiger partial charge in [-0.25, -0.2) is 4.98 Å².